The van der Waals surface area contributed by atoms with Gasteiger partial charge in [-0.3, -0.25) is 9.59 Å². The molecular formula is C19H19F3N2O2. The summed E-state index contributed by atoms with van der Waals surface area (Å²) in [5, 5.41) is 2.50. The number of rotatable bonds is 7. The molecule has 138 valence electrons. The Bertz CT molecular complexity index is 761. The molecule has 1 atom stereocenters. The molecule has 0 fully saturated rings. The average molecular weight is 364 g/mol. The molecule has 0 spiro atoms. The Balaban J connectivity index is 1.96. The van der Waals surface area contributed by atoms with Gasteiger partial charge in [-0.25, -0.2) is 0 Å². The summed E-state index contributed by atoms with van der Waals surface area (Å²) in [4.78, 5) is 23.7. The highest BCUT2D eigenvalue weighted by atomic mass is 19.4. The Kier molecular flexibility index (Phi) is 6.38. The van der Waals surface area contributed by atoms with E-state index in [4.69, 9.17) is 5.73 Å². The molecule has 0 aliphatic rings. The molecule has 2 amide bonds. The van der Waals surface area contributed by atoms with Gasteiger partial charge in [0.2, 0.25) is 11.8 Å². The fraction of sp³-hybridized carbons (Fsp3) is 0.263. The van der Waals surface area contributed by atoms with E-state index in [0.717, 1.165) is 17.7 Å². The van der Waals surface area contributed by atoms with Crippen LogP contribution in [0, 0.1) is 0 Å². The smallest absolute Gasteiger partial charge is 0.368 e. The number of nitrogens with two attached hydrogens (primary N) is 1. The molecule has 3 N–H and O–H groups in total. The molecule has 0 saturated carbocycles. The van der Waals surface area contributed by atoms with E-state index in [1.54, 1.807) is 0 Å². The predicted octanol–water partition coefficient (Wildman–Crippen LogP) is 2.85. The lowest BCUT2D eigenvalue weighted by Crippen LogP contribution is -2.45. The third-order valence-corrected chi connectivity index (χ3v) is 3.86. The number of carbonyl (C=O) groups is 2. The Hall–Kier alpha value is -2.83. The molecule has 7 heteroatoms. The second kappa shape index (κ2) is 8.51. The maximum atomic E-state index is 12.7. The van der Waals surface area contributed by atoms with Crippen molar-refractivity contribution in [3.63, 3.8) is 0 Å². The maximum Gasteiger partial charge on any atom is 0.416 e. The minimum atomic E-state index is -4.47. The first kappa shape index (κ1) is 19.5. The van der Waals surface area contributed by atoms with Gasteiger partial charge in [0.1, 0.15) is 6.04 Å². The van der Waals surface area contributed by atoms with E-state index in [1.165, 1.54) is 12.1 Å². The summed E-state index contributed by atoms with van der Waals surface area (Å²) in [6.45, 7) is 0. The molecule has 26 heavy (non-hydrogen) atoms. The number of aryl methyl sites for hydroxylation is 1. The Morgan fingerprint density at radius 1 is 1.00 bits per heavy atom. The fourth-order valence-electron chi connectivity index (χ4n) is 2.53. The van der Waals surface area contributed by atoms with Gasteiger partial charge < -0.3 is 11.1 Å². The highest BCUT2D eigenvalue weighted by Crippen LogP contribution is 2.29. The van der Waals surface area contributed by atoms with Crippen LogP contribution in [-0.4, -0.2) is 17.9 Å². The molecule has 2 aromatic rings. The van der Waals surface area contributed by atoms with Crippen LogP contribution in [0.4, 0.5) is 13.2 Å². The van der Waals surface area contributed by atoms with Crippen LogP contribution in [-0.2, 0) is 28.6 Å². The normalized spacial score (nSPS) is 12.4. The van der Waals surface area contributed by atoms with E-state index in [9.17, 15) is 22.8 Å². The van der Waals surface area contributed by atoms with Crippen molar-refractivity contribution in [2.75, 3.05) is 0 Å². The summed E-state index contributed by atoms with van der Waals surface area (Å²) < 4.78 is 38.2. The molecule has 4 nitrogen and oxygen atoms in total. The van der Waals surface area contributed by atoms with Gasteiger partial charge in [-0.05, 0) is 30.0 Å². The average Bonchev–Trinajstić information content (AvgIpc) is 2.58. The van der Waals surface area contributed by atoms with Crippen LogP contribution in [0.25, 0.3) is 0 Å². The maximum absolute atomic E-state index is 12.7. The molecule has 0 bridgehead atoms. The van der Waals surface area contributed by atoms with E-state index in [2.05, 4.69) is 5.32 Å². The molecule has 0 heterocycles. The Morgan fingerprint density at radius 2 is 1.65 bits per heavy atom. The topological polar surface area (TPSA) is 72.2 Å². The van der Waals surface area contributed by atoms with Crippen molar-refractivity contribution in [3.8, 4) is 0 Å². The number of nitrogens with one attached hydrogen (secondary N) is 1. The molecule has 0 aliphatic carbocycles. The highest BCUT2D eigenvalue weighted by Gasteiger charge is 2.30. The summed E-state index contributed by atoms with van der Waals surface area (Å²) >= 11 is 0. The number of amides is 2. The van der Waals surface area contributed by atoms with Gasteiger partial charge in [0.15, 0.2) is 0 Å². The van der Waals surface area contributed by atoms with E-state index in [0.29, 0.717) is 12.8 Å². The standard InChI is InChI=1S/C19H19F3N2O2/c20-19(21,22)15-8-4-7-14(11-15)12-17(25)24-16(18(23)26)10-9-13-5-2-1-3-6-13/h1-8,11,16H,9-10,12H2,(H2,23,26)(H,24,25)/t16-/m1/s1. The van der Waals surface area contributed by atoms with Crippen LogP contribution in [0.1, 0.15) is 23.1 Å². The predicted molar refractivity (Wildman–Crippen MR) is 91.0 cm³/mol. The SMILES string of the molecule is NC(=O)[C@@H](CCc1ccccc1)NC(=O)Cc1cccc(C(F)(F)F)c1. The number of hydrogen-bond acceptors (Lipinski definition) is 2. The number of benzene rings is 2. The molecule has 0 aliphatic heterocycles. The van der Waals surface area contributed by atoms with Crippen molar-refractivity contribution in [2.24, 2.45) is 5.73 Å². The lowest BCUT2D eigenvalue weighted by atomic mass is 10.0. The van der Waals surface area contributed by atoms with Gasteiger partial charge in [-0.1, -0.05) is 48.5 Å². The summed E-state index contributed by atoms with van der Waals surface area (Å²) in [6.07, 6.45) is -3.89. The highest BCUT2D eigenvalue weighted by molar-refractivity contribution is 5.87. The molecular weight excluding hydrogens is 345 g/mol. The van der Waals surface area contributed by atoms with Crippen LogP contribution >= 0.6 is 0 Å². The Labute approximate surface area is 149 Å². The summed E-state index contributed by atoms with van der Waals surface area (Å²) in [5.41, 5.74) is 5.70. The van der Waals surface area contributed by atoms with Gasteiger partial charge in [0.25, 0.3) is 0 Å². The minimum absolute atomic E-state index is 0.212. The summed E-state index contributed by atoms with van der Waals surface area (Å²) in [5.74, 6) is -1.24. The molecule has 0 saturated heterocycles. The second-order valence-electron chi connectivity index (χ2n) is 5.92. The van der Waals surface area contributed by atoms with E-state index in [1.807, 2.05) is 30.3 Å². The zero-order valence-corrected chi connectivity index (χ0v) is 13.9. The van der Waals surface area contributed by atoms with Gasteiger partial charge in [-0.15, -0.1) is 0 Å². The van der Waals surface area contributed by atoms with Crippen LogP contribution in [0.2, 0.25) is 0 Å². The van der Waals surface area contributed by atoms with Crippen LogP contribution < -0.4 is 11.1 Å². The number of halogens is 3. The quantitative estimate of drug-likeness (QED) is 0.793. The number of carbonyl (C=O) groups excluding carboxylic acids is 2. The fourth-order valence-corrected chi connectivity index (χ4v) is 2.53. The van der Waals surface area contributed by atoms with Crippen molar-refractivity contribution in [3.05, 3.63) is 71.3 Å². The van der Waals surface area contributed by atoms with Gasteiger partial charge in [-0.2, -0.15) is 13.2 Å². The van der Waals surface area contributed by atoms with Crippen LogP contribution in [0.15, 0.2) is 54.6 Å². The molecule has 2 rings (SSSR count). The second-order valence-corrected chi connectivity index (χ2v) is 5.92. The van der Waals surface area contributed by atoms with Crippen molar-refractivity contribution >= 4 is 11.8 Å². The first-order chi connectivity index (χ1) is 12.3. The number of primary amides is 1. The van der Waals surface area contributed by atoms with Gasteiger partial charge >= 0.3 is 6.18 Å². The van der Waals surface area contributed by atoms with Crippen molar-refractivity contribution in [1.82, 2.24) is 5.32 Å². The third-order valence-electron chi connectivity index (χ3n) is 3.86. The minimum Gasteiger partial charge on any atom is -0.368 e. The monoisotopic (exact) mass is 364 g/mol. The van der Waals surface area contributed by atoms with Crippen molar-refractivity contribution in [2.45, 2.75) is 31.5 Å². The summed E-state index contributed by atoms with van der Waals surface area (Å²) in [7, 11) is 0. The van der Waals surface area contributed by atoms with E-state index >= 15 is 0 Å². The first-order valence-electron chi connectivity index (χ1n) is 8.04. The lowest BCUT2D eigenvalue weighted by Gasteiger charge is -2.16. The van der Waals surface area contributed by atoms with Crippen molar-refractivity contribution < 1.29 is 22.8 Å². The lowest BCUT2D eigenvalue weighted by molar-refractivity contribution is -0.137. The van der Waals surface area contributed by atoms with Gasteiger partial charge in [0.05, 0.1) is 12.0 Å². The molecule has 0 unspecified atom stereocenters. The molecule has 0 radical (unpaired) electrons. The first-order valence-corrected chi connectivity index (χ1v) is 8.04. The number of hydrogen-bond donors (Lipinski definition) is 2. The molecule has 2 aromatic carbocycles. The van der Waals surface area contributed by atoms with E-state index < -0.39 is 29.6 Å². The zero-order chi connectivity index (χ0) is 19.2. The molecule has 0 aromatic heterocycles. The van der Waals surface area contributed by atoms with Crippen LogP contribution in [0.3, 0.4) is 0 Å². The summed E-state index contributed by atoms with van der Waals surface area (Å²) in [6, 6.07) is 13.0. The largest absolute Gasteiger partial charge is 0.416 e. The Morgan fingerprint density at radius 3 is 2.27 bits per heavy atom. The van der Waals surface area contributed by atoms with E-state index in [-0.39, 0.29) is 12.0 Å². The third kappa shape index (κ3) is 5.91. The van der Waals surface area contributed by atoms with Crippen molar-refractivity contribution in [1.29, 1.82) is 0 Å². The van der Waals surface area contributed by atoms with Gasteiger partial charge in [0, 0.05) is 0 Å². The van der Waals surface area contributed by atoms with Crippen LogP contribution in [0.5, 0.6) is 0 Å². The zero-order valence-electron chi connectivity index (χ0n) is 13.9. The number of alkyl halides is 3.